The number of nitrogen functional groups attached to an aromatic ring is 3. The zero-order valence-electron chi connectivity index (χ0n) is 32.0. The fraction of sp³-hybridized carbons (Fsp3) is 0.341. The molecule has 0 atom stereocenters. The third-order valence-electron chi connectivity index (χ3n) is 10.5. The fourth-order valence-corrected chi connectivity index (χ4v) is 6.84. The standard InChI is InChI=1S/C20H22N4O2.C12H17N3O2.C9H10N2O2/c1-13-6-8-23(9-7-13)16-3-5-18-15(10-16)11-19(22-18)14-2-4-17(21)20(12-14)24(25)26;1-9-4-6-14(7-5-9)10-2-3-12(15(16)17)11(13)8-10;1-6(2)7-3-4-8(10)9(5-7)11(12)13/h2-5,10,12-13H,6-9,11,21H2,1H3;2-3,8-9H,4-7,13H2,1H3;3-5H,1,10H2,2H3. The summed E-state index contributed by atoms with van der Waals surface area (Å²) in [6.45, 7) is 14.2. The summed E-state index contributed by atoms with van der Waals surface area (Å²) < 4.78 is 0. The highest BCUT2D eigenvalue weighted by Crippen LogP contribution is 2.35. The lowest BCUT2D eigenvalue weighted by atomic mass is 9.98. The number of benzene rings is 4. The molecule has 0 aromatic heterocycles. The molecule has 0 unspecified atom stereocenters. The third kappa shape index (κ3) is 9.96. The quantitative estimate of drug-likeness (QED) is 0.0916. The van der Waals surface area contributed by atoms with Gasteiger partial charge in [0.2, 0.25) is 0 Å². The number of nitrogens with zero attached hydrogens (tertiary/aromatic N) is 6. The van der Waals surface area contributed by atoms with Gasteiger partial charge in [-0.1, -0.05) is 38.1 Å². The normalized spacial score (nSPS) is 15.4. The summed E-state index contributed by atoms with van der Waals surface area (Å²) in [5, 5.41) is 32.3. The molecule has 0 saturated carbocycles. The van der Waals surface area contributed by atoms with E-state index in [1.54, 1.807) is 37.3 Å². The average Bonchev–Trinajstić information content (AvgIpc) is 3.59. The van der Waals surface area contributed by atoms with Crippen molar-refractivity contribution in [3.8, 4) is 0 Å². The van der Waals surface area contributed by atoms with Gasteiger partial charge in [-0.05, 0) is 98.0 Å². The molecule has 7 rings (SSSR count). The molecule has 4 aromatic carbocycles. The van der Waals surface area contributed by atoms with E-state index in [0.717, 1.165) is 84.6 Å². The van der Waals surface area contributed by atoms with Crippen molar-refractivity contribution in [1.29, 1.82) is 0 Å². The van der Waals surface area contributed by atoms with Gasteiger partial charge in [0.15, 0.2) is 0 Å². The molecule has 2 fully saturated rings. The van der Waals surface area contributed by atoms with E-state index in [9.17, 15) is 30.3 Å². The number of piperidine rings is 2. The molecule has 3 heterocycles. The van der Waals surface area contributed by atoms with E-state index in [1.807, 2.05) is 0 Å². The lowest BCUT2D eigenvalue weighted by Crippen LogP contribution is -2.32. The van der Waals surface area contributed by atoms with Crippen molar-refractivity contribution < 1.29 is 14.8 Å². The minimum atomic E-state index is -0.498. The Bertz CT molecular complexity index is 2160. The Morgan fingerprint density at radius 2 is 1.16 bits per heavy atom. The maximum absolute atomic E-state index is 11.1. The van der Waals surface area contributed by atoms with Crippen LogP contribution >= 0.6 is 0 Å². The predicted octanol–water partition coefficient (Wildman–Crippen LogP) is 8.71. The van der Waals surface area contributed by atoms with Crippen LogP contribution in [0.4, 0.5) is 51.2 Å². The van der Waals surface area contributed by atoms with Crippen molar-refractivity contribution in [2.75, 3.05) is 53.2 Å². The van der Waals surface area contributed by atoms with Crippen LogP contribution in [0.15, 0.2) is 84.4 Å². The highest BCUT2D eigenvalue weighted by molar-refractivity contribution is 6.07. The van der Waals surface area contributed by atoms with Crippen LogP contribution in [0.2, 0.25) is 0 Å². The lowest BCUT2D eigenvalue weighted by molar-refractivity contribution is -0.384. The first-order chi connectivity index (χ1) is 26.6. The zero-order valence-corrected chi connectivity index (χ0v) is 32.0. The molecule has 2 saturated heterocycles. The molecular weight excluding hydrogens is 715 g/mol. The van der Waals surface area contributed by atoms with Gasteiger partial charge in [-0.15, -0.1) is 0 Å². The first-order valence-electron chi connectivity index (χ1n) is 18.6. The van der Waals surface area contributed by atoms with E-state index < -0.39 is 14.8 Å². The van der Waals surface area contributed by atoms with Crippen LogP contribution < -0.4 is 27.0 Å². The highest BCUT2D eigenvalue weighted by Gasteiger charge is 2.23. The Balaban J connectivity index is 0.000000173. The maximum atomic E-state index is 11.1. The number of nitro benzene ring substituents is 3. The molecule has 294 valence electrons. The second-order valence-corrected chi connectivity index (χ2v) is 14.7. The molecule has 56 heavy (non-hydrogen) atoms. The molecule has 15 heteroatoms. The number of nitro groups is 3. The summed E-state index contributed by atoms with van der Waals surface area (Å²) in [6.07, 6.45) is 5.48. The summed E-state index contributed by atoms with van der Waals surface area (Å²) in [5.41, 5.74) is 24.7. The summed E-state index contributed by atoms with van der Waals surface area (Å²) in [6, 6.07) is 20.9. The zero-order chi connectivity index (χ0) is 40.7. The van der Waals surface area contributed by atoms with Crippen molar-refractivity contribution >= 4 is 62.5 Å². The van der Waals surface area contributed by atoms with Crippen molar-refractivity contribution in [2.24, 2.45) is 16.8 Å². The maximum Gasteiger partial charge on any atom is 0.292 e. The molecule has 6 N–H and O–H groups in total. The van der Waals surface area contributed by atoms with Crippen LogP contribution in [0.3, 0.4) is 0 Å². The van der Waals surface area contributed by atoms with Gasteiger partial charge in [0.25, 0.3) is 17.1 Å². The molecule has 0 amide bonds. The van der Waals surface area contributed by atoms with E-state index in [4.69, 9.17) is 17.2 Å². The van der Waals surface area contributed by atoms with E-state index in [2.05, 4.69) is 53.4 Å². The molecule has 3 aliphatic rings. The van der Waals surface area contributed by atoms with Gasteiger partial charge in [-0.25, -0.2) is 0 Å². The molecule has 0 bridgehead atoms. The Hall–Kier alpha value is -6.51. The van der Waals surface area contributed by atoms with Gasteiger partial charge in [0.05, 0.1) is 26.2 Å². The Kier molecular flexibility index (Phi) is 12.9. The van der Waals surface area contributed by atoms with E-state index >= 15 is 0 Å². The summed E-state index contributed by atoms with van der Waals surface area (Å²) in [4.78, 5) is 40.3. The summed E-state index contributed by atoms with van der Waals surface area (Å²) >= 11 is 0. The van der Waals surface area contributed by atoms with Crippen LogP contribution in [-0.2, 0) is 6.42 Å². The topological polar surface area (TPSA) is 226 Å². The number of rotatable bonds is 7. The van der Waals surface area contributed by atoms with Crippen molar-refractivity contribution in [2.45, 2.75) is 52.9 Å². The largest absolute Gasteiger partial charge is 0.393 e. The first kappa shape index (κ1) is 40.7. The van der Waals surface area contributed by atoms with Gasteiger partial charge in [-0.3, -0.25) is 35.3 Å². The van der Waals surface area contributed by atoms with Crippen LogP contribution in [-0.4, -0.2) is 46.7 Å². The van der Waals surface area contributed by atoms with Crippen molar-refractivity contribution in [3.63, 3.8) is 0 Å². The SMILES string of the molecule is C=C(C)c1ccc(N)c([N+](=O)[O-])c1.CC1CCN(c2ccc([N+](=O)[O-])c(N)c2)CC1.CC1CCN(c2ccc3c(c2)CC(c2ccc(N)c([N+](=O)[O-])c2)=N3)CC1. The molecule has 0 radical (unpaired) electrons. The van der Waals surface area contributed by atoms with E-state index in [-0.39, 0.29) is 34.1 Å². The van der Waals surface area contributed by atoms with Crippen LogP contribution in [0.25, 0.3) is 5.57 Å². The molecule has 3 aliphatic heterocycles. The number of hydrogen-bond donors (Lipinski definition) is 3. The fourth-order valence-electron chi connectivity index (χ4n) is 6.84. The van der Waals surface area contributed by atoms with Crippen LogP contribution in [0.1, 0.15) is 63.1 Å². The Morgan fingerprint density at radius 1 is 0.661 bits per heavy atom. The number of nitrogens with two attached hydrogens (primary N) is 3. The van der Waals surface area contributed by atoms with Crippen LogP contribution in [0, 0.1) is 42.2 Å². The molecule has 4 aromatic rings. The monoisotopic (exact) mass is 763 g/mol. The van der Waals surface area contributed by atoms with Gasteiger partial charge in [-0.2, -0.15) is 0 Å². The number of aliphatic imine (C=N–C) groups is 1. The third-order valence-corrected chi connectivity index (χ3v) is 10.5. The van der Waals surface area contributed by atoms with Gasteiger partial charge >= 0.3 is 0 Å². The lowest BCUT2D eigenvalue weighted by Gasteiger charge is -2.32. The average molecular weight is 764 g/mol. The van der Waals surface area contributed by atoms with Crippen molar-refractivity contribution in [1.82, 2.24) is 0 Å². The van der Waals surface area contributed by atoms with E-state index in [0.29, 0.717) is 6.42 Å². The smallest absolute Gasteiger partial charge is 0.292 e. The number of allylic oxidation sites excluding steroid dienone is 1. The Morgan fingerprint density at radius 3 is 1.68 bits per heavy atom. The van der Waals surface area contributed by atoms with Gasteiger partial charge in [0.1, 0.15) is 17.1 Å². The molecule has 15 nitrogen and oxygen atoms in total. The number of hydrogen-bond acceptors (Lipinski definition) is 12. The number of anilines is 5. The first-order valence-corrected chi connectivity index (χ1v) is 18.6. The van der Waals surface area contributed by atoms with Crippen molar-refractivity contribution in [3.05, 3.63) is 126 Å². The predicted molar refractivity (Wildman–Crippen MR) is 225 cm³/mol. The van der Waals surface area contributed by atoms with Gasteiger partial charge < -0.3 is 27.0 Å². The minimum Gasteiger partial charge on any atom is -0.393 e. The summed E-state index contributed by atoms with van der Waals surface area (Å²) in [7, 11) is 0. The van der Waals surface area contributed by atoms with E-state index in [1.165, 1.54) is 48.4 Å². The highest BCUT2D eigenvalue weighted by atomic mass is 16.6. The molecule has 0 aliphatic carbocycles. The summed E-state index contributed by atoms with van der Waals surface area (Å²) in [5.74, 6) is 1.57. The van der Waals surface area contributed by atoms with Gasteiger partial charge in [0, 0.05) is 67.7 Å². The Labute approximate surface area is 326 Å². The minimum absolute atomic E-state index is 0.0147. The second kappa shape index (κ2) is 17.8. The number of fused-ring (bicyclic) bond motifs is 1. The molecule has 0 spiro atoms. The second-order valence-electron chi connectivity index (χ2n) is 14.7. The van der Waals surface area contributed by atoms with Crippen LogP contribution in [0.5, 0.6) is 0 Å². The molecular formula is C41H49N9O6.